The average molecular weight is 457 g/mol. The van der Waals surface area contributed by atoms with Crippen LogP contribution in [0.15, 0.2) is 66.4 Å². The van der Waals surface area contributed by atoms with Crippen molar-refractivity contribution < 1.29 is 19.4 Å². The molecule has 0 bridgehead atoms. The second-order valence-electron chi connectivity index (χ2n) is 8.60. The number of carbonyl (C=O) groups excluding carboxylic acids is 2. The Hall–Kier alpha value is -3.93. The van der Waals surface area contributed by atoms with Gasteiger partial charge in [0.1, 0.15) is 17.6 Å². The van der Waals surface area contributed by atoms with Crippen LogP contribution in [0.4, 0.5) is 5.69 Å². The fraction of sp³-hybridized carbons (Fsp3) is 0.250. The van der Waals surface area contributed by atoms with Gasteiger partial charge in [0.15, 0.2) is 0 Å². The maximum absolute atomic E-state index is 13.3. The Kier molecular flexibility index (Phi) is 6.50. The molecule has 0 radical (unpaired) electrons. The monoisotopic (exact) mass is 456 g/mol. The lowest BCUT2D eigenvalue weighted by Gasteiger charge is -2.25. The van der Waals surface area contributed by atoms with Gasteiger partial charge in [0.25, 0.3) is 11.7 Å². The number of hydrogen-bond donors (Lipinski definition) is 1. The molecule has 34 heavy (non-hydrogen) atoms. The van der Waals surface area contributed by atoms with Crippen molar-refractivity contribution in [2.24, 2.45) is 0 Å². The predicted octanol–water partition coefficient (Wildman–Crippen LogP) is 5.42. The normalized spacial score (nSPS) is 17.3. The van der Waals surface area contributed by atoms with Gasteiger partial charge in [-0.05, 0) is 86.3 Å². The molecule has 3 aromatic rings. The minimum atomic E-state index is -0.848. The summed E-state index contributed by atoms with van der Waals surface area (Å²) >= 11 is 0. The maximum atomic E-state index is 13.3. The lowest BCUT2D eigenvalue weighted by Crippen LogP contribution is -2.30. The van der Waals surface area contributed by atoms with Crippen molar-refractivity contribution in [2.75, 3.05) is 11.5 Å². The number of benzene rings is 2. The third kappa shape index (κ3) is 4.31. The number of aromatic nitrogens is 1. The van der Waals surface area contributed by atoms with Gasteiger partial charge in [0.05, 0.1) is 17.9 Å². The van der Waals surface area contributed by atoms with Gasteiger partial charge in [-0.3, -0.25) is 19.5 Å². The zero-order valence-electron chi connectivity index (χ0n) is 19.8. The molecule has 1 aromatic heterocycles. The Labute approximate surface area is 199 Å². The van der Waals surface area contributed by atoms with Crippen LogP contribution < -0.4 is 9.64 Å². The van der Waals surface area contributed by atoms with Gasteiger partial charge >= 0.3 is 0 Å². The highest BCUT2D eigenvalue weighted by molar-refractivity contribution is 6.51. The number of hydrogen-bond acceptors (Lipinski definition) is 5. The third-order valence-corrected chi connectivity index (χ3v) is 5.81. The standard InChI is InChI=1S/C28H28N2O4/c1-5-12-34-23-10-9-20(16-19(23)4)26(31)24-25(22-8-6-7-11-29-22)30(28(33)27(24)32)21-14-17(2)13-18(3)15-21/h6-11,13-16,25,31H,5,12H2,1-4H3/b26-24-. The smallest absolute Gasteiger partial charge is 0.300 e. The number of ether oxygens (including phenoxy) is 1. The topological polar surface area (TPSA) is 79.7 Å². The molecule has 1 saturated heterocycles. The molecular formula is C28H28N2O4. The summed E-state index contributed by atoms with van der Waals surface area (Å²) in [5, 5.41) is 11.3. The van der Waals surface area contributed by atoms with Gasteiger partial charge in [0.2, 0.25) is 0 Å². The first-order chi connectivity index (χ1) is 16.3. The summed E-state index contributed by atoms with van der Waals surface area (Å²) in [6, 6.07) is 15.4. The minimum Gasteiger partial charge on any atom is -0.507 e. The second kappa shape index (κ2) is 9.51. The van der Waals surface area contributed by atoms with Crippen molar-refractivity contribution >= 4 is 23.1 Å². The summed E-state index contributed by atoms with van der Waals surface area (Å²) in [6.45, 7) is 8.38. The molecule has 1 unspecified atom stereocenters. The van der Waals surface area contributed by atoms with Gasteiger partial charge in [-0.2, -0.15) is 0 Å². The highest BCUT2D eigenvalue weighted by Crippen LogP contribution is 2.42. The molecule has 6 heteroatoms. The second-order valence-corrected chi connectivity index (χ2v) is 8.60. The third-order valence-electron chi connectivity index (χ3n) is 5.81. The number of pyridine rings is 1. The minimum absolute atomic E-state index is 0.0180. The number of Topliss-reactive ketones (excluding diaryl/α,β-unsaturated/α-hetero) is 1. The summed E-state index contributed by atoms with van der Waals surface area (Å²) in [5.74, 6) is -0.945. The molecule has 1 aliphatic rings. The number of aliphatic hydroxyl groups excluding tert-OH is 1. The van der Waals surface area contributed by atoms with Crippen LogP contribution in [0.2, 0.25) is 0 Å². The van der Waals surface area contributed by atoms with Gasteiger partial charge in [-0.1, -0.05) is 19.1 Å². The number of anilines is 1. The summed E-state index contributed by atoms with van der Waals surface area (Å²) in [6.07, 6.45) is 2.49. The first-order valence-corrected chi connectivity index (χ1v) is 11.4. The largest absolute Gasteiger partial charge is 0.507 e. The number of rotatable bonds is 6. The van der Waals surface area contributed by atoms with E-state index in [-0.39, 0.29) is 11.3 Å². The predicted molar refractivity (Wildman–Crippen MR) is 132 cm³/mol. The lowest BCUT2D eigenvalue weighted by atomic mass is 9.97. The first kappa shape index (κ1) is 23.2. The lowest BCUT2D eigenvalue weighted by molar-refractivity contribution is -0.132. The van der Waals surface area contributed by atoms with E-state index in [9.17, 15) is 14.7 Å². The van der Waals surface area contributed by atoms with Crippen LogP contribution in [0, 0.1) is 20.8 Å². The van der Waals surface area contributed by atoms with Crippen LogP contribution in [0.5, 0.6) is 5.75 Å². The Balaban J connectivity index is 1.88. The van der Waals surface area contributed by atoms with Crippen molar-refractivity contribution in [3.05, 3.63) is 94.3 Å². The molecule has 2 aromatic carbocycles. The highest BCUT2D eigenvalue weighted by atomic mass is 16.5. The molecule has 1 fully saturated rings. The number of nitrogens with zero attached hydrogens (tertiary/aromatic N) is 2. The number of ketones is 1. The van der Waals surface area contributed by atoms with Gasteiger partial charge in [-0.25, -0.2) is 0 Å². The van der Waals surface area contributed by atoms with Crippen LogP contribution in [0.1, 0.15) is 47.3 Å². The molecule has 0 aliphatic carbocycles. The van der Waals surface area contributed by atoms with E-state index < -0.39 is 17.7 Å². The van der Waals surface area contributed by atoms with Crippen molar-refractivity contribution in [2.45, 2.75) is 40.2 Å². The van der Waals surface area contributed by atoms with Crippen LogP contribution in [0.3, 0.4) is 0 Å². The van der Waals surface area contributed by atoms with Gasteiger partial charge < -0.3 is 9.84 Å². The van der Waals surface area contributed by atoms with E-state index in [1.54, 1.807) is 42.6 Å². The molecule has 2 heterocycles. The molecule has 4 rings (SSSR count). The van der Waals surface area contributed by atoms with Crippen LogP contribution in [-0.4, -0.2) is 28.4 Å². The first-order valence-electron chi connectivity index (χ1n) is 11.4. The number of aliphatic hydroxyl groups is 1. The maximum Gasteiger partial charge on any atom is 0.300 e. The van der Waals surface area contributed by atoms with Crippen molar-refractivity contribution in [1.82, 2.24) is 4.98 Å². The summed E-state index contributed by atoms with van der Waals surface area (Å²) in [4.78, 5) is 32.4. The van der Waals surface area contributed by atoms with Gasteiger partial charge in [0, 0.05) is 17.4 Å². The Morgan fingerprint density at radius 3 is 2.38 bits per heavy atom. The van der Waals surface area contributed by atoms with Crippen molar-refractivity contribution in [1.29, 1.82) is 0 Å². The molecule has 6 nitrogen and oxygen atoms in total. The van der Waals surface area contributed by atoms with E-state index >= 15 is 0 Å². The molecule has 1 N–H and O–H groups in total. The highest BCUT2D eigenvalue weighted by Gasteiger charge is 2.47. The molecule has 0 spiro atoms. The van der Waals surface area contributed by atoms with Crippen LogP contribution in [-0.2, 0) is 9.59 Å². The molecular weight excluding hydrogens is 428 g/mol. The molecule has 174 valence electrons. The van der Waals surface area contributed by atoms with Crippen LogP contribution >= 0.6 is 0 Å². The van der Waals surface area contributed by atoms with E-state index in [4.69, 9.17) is 4.74 Å². The molecule has 1 amide bonds. The quantitative estimate of drug-likeness (QED) is 0.304. The van der Waals surface area contributed by atoms with Crippen LogP contribution in [0.25, 0.3) is 5.76 Å². The van der Waals surface area contributed by atoms with E-state index in [0.717, 1.165) is 28.9 Å². The van der Waals surface area contributed by atoms with Crippen molar-refractivity contribution in [3.63, 3.8) is 0 Å². The van der Waals surface area contributed by atoms with Crippen molar-refractivity contribution in [3.8, 4) is 5.75 Å². The van der Waals surface area contributed by atoms with E-state index in [1.807, 2.05) is 45.9 Å². The fourth-order valence-electron chi connectivity index (χ4n) is 4.33. The van der Waals surface area contributed by atoms with Gasteiger partial charge in [-0.15, -0.1) is 0 Å². The van der Waals surface area contributed by atoms with E-state index in [2.05, 4.69) is 4.98 Å². The Morgan fingerprint density at radius 2 is 1.76 bits per heavy atom. The Bertz CT molecular complexity index is 1260. The summed E-state index contributed by atoms with van der Waals surface area (Å²) < 4.78 is 5.74. The summed E-state index contributed by atoms with van der Waals surface area (Å²) in [7, 11) is 0. The average Bonchev–Trinajstić information content (AvgIpc) is 3.08. The molecule has 0 saturated carbocycles. The SMILES string of the molecule is CCCOc1ccc(/C(O)=C2/C(=O)C(=O)N(c3cc(C)cc(C)c3)C2c2ccccn2)cc1C. The number of amides is 1. The van der Waals surface area contributed by atoms with E-state index in [0.29, 0.717) is 23.6 Å². The number of carbonyl (C=O) groups is 2. The Morgan fingerprint density at radius 1 is 1.03 bits per heavy atom. The fourth-order valence-corrected chi connectivity index (χ4v) is 4.33. The molecule has 1 atom stereocenters. The zero-order chi connectivity index (χ0) is 24.4. The van der Waals surface area contributed by atoms with E-state index in [1.165, 1.54) is 4.90 Å². The zero-order valence-corrected chi connectivity index (χ0v) is 19.8. The molecule has 1 aliphatic heterocycles. The summed E-state index contributed by atoms with van der Waals surface area (Å²) in [5.41, 5.74) is 4.32. The number of aryl methyl sites for hydroxylation is 3.